The lowest BCUT2D eigenvalue weighted by Gasteiger charge is -2.03. The molecule has 0 radical (unpaired) electrons. The standard InChI is InChI=1S/C16H14O3.C2H6S/c17-15(10-11-16(18)19)14-8-6-13(7-9-14)12-4-2-1-3-5-12;1-3-2/h1-9H,10-11H2,(H,18,19);1-2H3. The van der Waals surface area contributed by atoms with E-state index in [4.69, 9.17) is 5.11 Å². The van der Waals surface area contributed by atoms with Gasteiger partial charge in [0.05, 0.1) is 6.42 Å². The van der Waals surface area contributed by atoms with E-state index in [0.717, 1.165) is 11.1 Å². The molecule has 4 heteroatoms. The molecule has 0 saturated heterocycles. The van der Waals surface area contributed by atoms with Crippen molar-refractivity contribution in [2.45, 2.75) is 12.8 Å². The molecule has 2 aromatic carbocycles. The predicted octanol–water partition coefficient (Wildman–Crippen LogP) is 4.38. The molecule has 2 rings (SSSR count). The maximum Gasteiger partial charge on any atom is 0.303 e. The second kappa shape index (κ2) is 9.79. The van der Waals surface area contributed by atoms with Crippen molar-refractivity contribution in [3.05, 3.63) is 60.2 Å². The summed E-state index contributed by atoms with van der Waals surface area (Å²) < 4.78 is 0. The summed E-state index contributed by atoms with van der Waals surface area (Å²) in [6.07, 6.45) is 4.00. The van der Waals surface area contributed by atoms with E-state index in [-0.39, 0.29) is 18.6 Å². The Labute approximate surface area is 135 Å². The van der Waals surface area contributed by atoms with Crippen LogP contribution in [0, 0.1) is 0 Å². The highest BCUT2D eigenvalue weighted by molar-refractivity contribution is 7.97. The van der Waals surface area contributed by atoms with E-state index in [2.05, 4.69) is 0 Å². The van der Waals surface area contributed by atoms with Gasteiger partial charge in [0.25, 0.3) is 0 Å². The third kappa shape index (κ3) is 6.14. The van der Waals surface area contributed by atoms with Crippen molar-refractivity contribution in [2.75, 3.05) is 12.5 Å². The zero-order valence-electron chi connectivity index (χ0n) is 12.8. The Morgan fingerprint density at radius 3 is 1.86 bits per heavy atom. The number of benzene rings is 2. The van der Waals surface area contributed by atoms with Gasteiger partial charge in [-0.05, 0) is 23.6 Å². The molecule has 3 nitrogen and oxygen atoms in total. The van der Waals surface area contributed by atoms with Gasteiger partial charge in [-0.2, -0.15) is 11.8 Å². The largest absolute Gasteiger partial charge is 0.481 e. The first-order valence-corrected chi connectivity index (χ1v) is 8.52. The highest BCUT2D eigenvalue weighted by atomic mass is 32.2. The summed E-state index contributed by atoms with van der Waals surface area (Å²) in [5.74, 6) is -1.09. The Balaban J connectivity index is 0.000000745. The summed E-state index contributed by atoms with van der Waals surface area (Å²) >= 11 is 1.75. The minimum Gasteiger partial charge on any atom is -0.481 e. The molecule has 1 N–H and O–H groups in total. The number of hydrogen-bond donors (Lipinski definition) is 1. The van der Waals surface area contributed by atoms with Crippen molar-refractivity contribution in [3.63, 3.8) is 0 Å². The van der Waals surface area contributed by atoms with Gasteiger partial charge in [0.15, 0.2) is 5.78 Å². The quantitative estimate of drug-likeness (QED) is 0.832. The molecule has 0 fully saturated rings. The molecule has 0 heterocycles. The predicted molar refractivity (Wildman–Crippen MR) is 92.5 cm³/mol. The van der Waals surface area contributed by atoms with Gasteiger partial charge in [-0.25, -0.2) is 0 Å². The van der Waals surface area contributed by atoms with Crippen molar-refractivity contribution >= 4 is 23.5 Å². The molecular weight excluding hydrogens is 296 g/mol. The normalized spacial score (nSPS) is 9.55. The average molecular weight is 316 g/mol. The fourth-order valence-corrected chi connectivity index (χ4v) is 1.84. The molecule has 0 atom stereocenters. The molecule has 22 heavy (non-hydrogen) atoms. The number of thioether (sulfide) groups is 1. The molecule has 0 bridgehead atoms. The zero-order valence-corrected chi connectivity index (χ0v) is 13.6. The topological polar surface area (TPSA) is 54.4 Å². The van der Waals surface area contributed by atoms with Crippen molar-refractivity contribution in [1.29, 1.82) is 0 Å². The van der Waals surface area contributed by atoms with Crippen LogP contribution in [0.25, 0.3) is 11.1 Å². The number of carbonyl (C=O) groups excluding carboxylic acids is 1. The summed E-state index contributed by atoms with van der Waals surface area (Å²) in [7, 11) is 0. The second-order valence-electron chi connectivity index (χ2n) is 4.67. The molecule has 0 unspecified atom stereocenters. The number of aliphatic carboxylic acids is 1. The van der Waals surface area contributed by atoms with Crippen molar-refractivity contribution < 1.29 is 14.7 Å². The first-order valence-electron chi connectivity index (χ1n) is 6.89. The molecular formula is C18H20O3S. The number of ketones is 1. The smallest absolute Gasteiger partial charge is 0.303 e. The summed E-state index contributed by atoms with van der Waals surface area (Å²) in [5, 5.41) is 8.55. The summed E-state index contributed by atoms with van der Waals surface area (Å²) in [5.41, 5.74) is 2.68. The van der Waals surface area contributed by atoms with Crippen molar-refractivity contribution in [1.82, 2.24) is 0 Å². The second-order valence-corrected chi connectivity index (χ2v) is 5.49. The highest BCUT2D eigenvalue weighted by Gasteiger charge is 2.08. The van der Waals surface area contributed by atoms with E-state index in [0.29, 0.717) is 5.56 Å². The Hall–Kier alpha value is -2.07. The molecule has 0 saturated carbocycles. The Morgan fingerprint density at radius 1 is 0.864 bits per heavy atom. The third-order valence-electron chi connectivity index (χ3n) is 2.88. The highest BCUT2D eigenvalue weighted by Crippen LogP contribution is 2.19. The summed E-state index contributed by atoms with van der Waals surface area (Å²) in [6.45, 7) is 0. The lowest BCUT2D eigenvalue weighted by molar-refractivity contribution is -0.136. The van der Waals surface area contributed by atoms with Gasteiger partial charge in [-0.3, -0.25) is 9.59 Å². The van der Waals surface area contributed by atoms with E-state index in [9.17, 15) is 9.59 Å². The minimum atomic E-state index is -0.950. The van der Waals surface area contributed by atoms with E-state index in [1.54, 1.807) is 23.9 Å². The maximum atomic E-state index is 11.7. The van der Waals surface area contributed by atoms with Gasteiger partial charge in [0, 0.05) is 12.0 Å². The lowest BCUT2D eigenvalue weighted by atomic mass is 10.0. The van der Waals surface area contributed by atoms with Gasteiger partial charge < -0.3 is 5.11 Å². The van der Waals surface area contributed by atoms with Crippen molar-refractivity contribution in [2.24, 2.45) is 0 Å². The SMILES string of the molecule is CSC.O=C(O)CCC(=O)c1ccc(-c2ccccc2)cc1. The van der Waals surface area contributed by atoms with Gasteiger partial charge in [-0.1, -0.05) is 54.6 Å². The molecule has 0 aromatic heterocycles. The van der Waals surface area contributed by atoms with Crippen LogP contribution in [0.15, 0.2) is 54.6 Å². The van der Waals surface area contributed by atoms with Crippen LogP contribution in [-0.4, -0.2) is 29.4 Å². The average Bonchev–Trinajstić information content (AvgIpc) is 2.54. The lowest BCUT2D eigenvalue weighted by Crippen LogP contribution is -2.03. The van der Waals surface area contributed by atoms with Crippen LogP contribution in [0.3, 0.4) is 0 Å². The van der Waals surface area contributed by atoms with Gasteiger partial charge in [0.1, 0.15) is 0 Å². The van der Waals surface area contributed by atoms with Crippen LogP contribution in [-0.2, 0) is 4.79 Å². The first kappa shape index (κ1) is 18.0. The fraction of sp³-hybridized carbons (Fsp3) is 0.222. The molecule has 0 spiro atoms. The maximum absolute atomic E-state index is 11.7. The van der Waals surface area contributed by atoms with Crippen LogP contribution >= 0.6 is 11.8 Å². The van der Waals surface area contributed by atoms with E-state index in [1.807, 2.05) is 55.0 Å². The summed E-state index contributed by atoms with van der Waals surface area (Å²) in [6, 6.07) is 17.1. The monoisotopic (exact) mass is 316 g/mol. The fourth-order valence-electron chi connectivity index (χ4n) is 1.84. The van der Waals surface area contributed by atoms with Crippen LogP contribution in [0.2, 0.25) is 0 Å². The molecule has 0 aliphatic rings. The molecule has 0 aliphatic heterocycles. The van der Waals surface area contributed by atoms with Gasteiger partial charge >= 0.3 is 5.97 Å². The van der Waals surface area contributed by atoms with Crippen LogP contribution < -0.4 is 0 Å². The first-order chi connectivity index (χ1) is 10.6. The number of carboxylic acids is 1. The molecule has 0 aliphatic carbocycles. The molecule has 2 aromatic rings. The van der Waals surface area contributed by atoms with E-state index < -0.39 is 5.97 Å². The Morgan fingerprint density at radius 2 is 1.36 bits per heavy atom. The number of Topliss-reactive ketones (excluding diaryl/α,β-unsaturated/α-hetero) is 1. The Bertz CT molecular complexity index is 591. The Kier molecular flexibility index (Phi) is 8.00. The molecule has 0 amide bonds. The van der Waals surface area contributed by atoms with Gasteiger partial charge in [-0.15, -0.1) is 0 Å². The number of hydrogen-bond acceptors (Lipinski definition) is 3. The van der Waals surface area contributed by atoms with Crippen LogP contribution in [0.1, 0.15) is 23.2 Å². The van der Waals surface area contributed by atoms with Crippen molar-refractivity contribution in [3.8, 4) is 11.1 Å². The number of carbonyl (C=O) groups is 2. The van der Waals surface area contributed by atoms with E-state index >= 15 is 0 Å². The van der Waals surface area contributed by atoms with Crippen LogP contribution in [0.4, 0.5) is 0 Å². The van der Waals surface area contributed by atoms with Gasteiger partial charge in [0.2, 0.25) is 0 Å². The third-order valence-corrected chi connectivity index (χ3v) is 2.88. The van der Waals surface area contributed by atoms with Crippen LogP contribution in [0.5, 0.6) is 0 Å². The molecule has 116 valence electrons. The zero-order chi connectivity index (χ0) is 16.4. The number of carboxylic acid groups (broad SMARTS) is 1. The summed E-state index contributed by atoms with van der Waals surface area (Å²) in [4.78, 5) is 22.2. The minimum absolute atomic E-state index is 0.0417. The van der Waals surface area contributed by atoms with E-state index in [1.165, 1.54) is 0 Å². The number of rotatable bonds is 5.